The maximum atomic E-state index is 10.2. The zero-order valence-corrected chi connectivity index (χ0v) is 12.8. The fourth-order valence-electron chi connectivity index (χ4n) is 2.34. The summed E-state index contributed by atoms with van der Waals surface area (Å²) in [5.74, 6) is 2.05. The number of nitrogen functional groups attached to an aromatic ring is 1. The summed E-state index contributed by atoms with van der Waals surface area (Å²) in [6.45, 7) is 0. The zero-order chi connectivity index (χ0) is 15.1. The molecule has 0 bridgehead atoms. The molecule has 0 spiro atoms. The molecule has 10 heteroatoms. The Hall–Kier alpha value is -1.29. The fourth-order valence-corrected chi connectivity index (χ4v) is 3.38. The number of fused-ring (bicyclic) bond motifs is 1. The van der Waals surface area contributed by atoms with Crippen molar-refractivity contribution in [3.63, 3.8) is 0 Å². The molecule has 9 nitrogen and oxygen atoms in total. The van der Waals surface area contributed by atoms with Gasteiger partial charge in [0, 0.05) is 0 Å². The Morgan fingerprint density at radius 3 is 2.81 bits per heavy atom. The predicted octanol–water partition coefficient (Wildman–Crippen LogP) is -1.90. The monoisotopic (exact) mass is 361 g/mol. The minimum absolute atomic E-state index is 0.135. The average Bonchev–Trinajstić information content (AvgIpc) is 3.02. The second kappa shape index (κ2) is 5.48. The maximum absolute atomic E-state index is 10.2. The van der Waals surface area contributed by atoms with Crippen molar-refractivity contribution < 1.29 is 20.1 Å². The Kier molecular flexibility index (Phi) is 3.82. The van der Waals surface area contributed by atoms with Crippen LogP contribution < -0.4 is 5.73 Å². The summed E-state index contributed by atoms with van der Waals surface area (Å²) in [6.07, 6.45) is -1.39. The van der Waals surface area contributed by atoms with E-state index in [1.807, 2.05) is 5.82 Å². The number of hydrogen-bond donors (Lipinski definition) is 4. The number of aliphatic hydroxyl groups excluding tert-OH is 3. The van der Waals surface area contributed by atoms with Gasteiger partial charge in [-0.05, 0) is 0 Å². The van der Waals surface area contributed by atoms with Crippen LogP contribution in [0.3, 0.4) is 0 Å². The number of imidazole rings is 1. The predicted molar refractivity (Wildman–Crippen MR) is 73.3 cm³/mol. The van der Waals surface area contributed by atoms with Gasteiger partial charge in [0.25, 0.3) is 0 Å². The second-order valence-electron chi connectivity index (χ2n) is 4.68. The molecule has 0 amide bonds. The van der Waals surface area contributed by atoms with Crippen molar-refractivity contribution in [2.24, 2.45) is 0 Å². The summed E-state index contributed by atoms with van der Waals surface area (Å²) in [6, 6.07) is 0. The molecule has 21 heavy (non-hydrogen) atoms. The van der Waals surface area contributed by atoms with E-state index >= 15 is 0 Å². The first-order valence-corrected chi connectivity index (χ1v) is 8.90. The number of aliphatic hydroxyl groups is 3. The Balaban J connectivity index is 1.98. The molecule has 0 radical (unpaired) electrons. The van der Waals surface area contributed by atoms with E-state index in [1.165, 1.54) is 17.2 Å². The van der Waals surface area contributed by atoms with Gasteiger partial charge in [-0.15, -0.1) is 0 Å². The SMILES string of the molecule is C[Se]C(O)[C@H]1O[C@@H](n2cnc3c(N)ncnc32)[C@H](O)[C@@H]1O. The Morgan fingerprint density at radius 1 is 1.33 bits per heavy atom. The minimum atomic E-state index is -1.19. The molecular weight excluding hydrogens is 345 g/mol. The third kappa shape index (κ3) is 2.29. The van der Waals surface area contributed by atoms with Gasteiger partial charge in [-0.25, -0.2) is 0 Å². The molecule has 1 aliphatic heterocycles. The molecule has 1 saturated heterocycles. The summed E-state index contributed by atoms with van der Waals surface area (Å²) < 4.78 is 7.10. The number of rotatable bonds is 3. The van der Waals surface area contributed by atoms with E-state index in [-0.39, 0.29) is 20.8 Å². The number of nitrogens with two attached hydrogens (primary N) is 1. The van der Waals surface area contributed by atoms with E-state index in [0.29, 0.717) is 11.2 Å². The number of anilines is 1. The van der Waals surface area contributed by atoms with Crippen LogP contribution in [0, 0.1) is 0 Å². The first-order valence-electron chi connectivity index (χ1n) is 6.20. The van der Waals surface area contributed by atoms with Crippen LogP contribution >= 0.6 is 0 Å². The van der Waals surface area contributed by atoms with E-state index in [1.54, 1.807) is 0 Å². The van der Waals surface area contributed by atoms with Gasteiger partial charge in [-0.1, -0.05) is 0 Å². The molecule has 5 N–H and O–H groups in total. The molecule has 1 fully saturated rings. The van der Waals surface area contributed by atoms with Crippen LogP contribution in [-0.2, 0) is 4.74 Å². The molecule has 0 aliphatic carbocycles. The van der Waals surface area contributed by atoms with Crippen molar-refractivity contribution >= 4 is 31.9 Å². The number of ether oxygens (including phenoxy) is 1. The van der Waals surface area contributed by atoms with Crippen LogP contribution in [0.5, 0.6) is 0 Å². The van der Waals surface area contributed by atoms with Crippen molar-refractivity contribution in [1.29, 1.82) is 0 Å². The Morgan fingerprint density at radius 2 is 2.10 bits per heavy atom. The molecule has 0 aromatic carbocycles. The van der Waals surface area contributed by atoms with Crippen LogP contribution in [0.25, 0.3) is 11.2 Å². The quantitative estimate of drug-likeness (QED) is 0.466. The van der Waals surface area contributed by atoms with Gasteiger partial charge in [-0.2, -0.15) is 0 Å². The Bertz CT molecular complexity index is 653. The van der Waals surface area contributed by atoms with Gasteiger partial charge in [0.15, 0.2) is 0 Å². The third-order valence-electron chi connectivity index (χ3n) is 3.46. The topological polar surface area (TPSA) is 140 Å². The van der Waals surface area contributed by atoms with Crippen molar-refractivity contribution in [1.82, 2.24) is 19.5 Å². The molecule has 2 aromatic rings. The molecule has 3 rings (SSSR count). The molecule has 114 valence electrons. The van der Waals surface area contributed by atoms with Gasteiger partial charge in [0.05, 0.1) is 0 Å². The van der Waals surface area contributed by atoms with Crippen LogP contribution in [0.2, 0.25) is 5.82 Å². The second-order valence-corrected chi connectivity index (χ2v) is 6.68. The molecule has 5 atom stereocenters. The van der Waals surface area contributed by atoms with E-state index < -0.39 is 29.5 Å². The average molecular weight is 360 g/mol. The summed E-state index contributed by atoms with van der Waals surface area (Å²) in [5.41, 5.74) is 6.50. The molecule has 2 aromatic heterocycles. The zero-order valence-electron chi connectivity index (χ0n) is 11.1. The summed E-state index contributed by atoms with van der Waals surface area (Å²) >= 11 is -0.135. The molecule has 3 heterocycles. The van der Waals surface area contributed by atoms with Gasteiger partial charge in [0.1, 0.15) is 0 Å². The van der Waals surface area contributed by atoms with Crippen LogP contribution in [0.1, 0.15) is 6.23 Å². The van der Waals surface area contributed by atoms with E-state index in [4.69, 9.17) is 10.5 Å². The van der Waals surface area contributed by atoms with Crippen molar-refractivity contribution in [2.75, 3.05) is 5.73 Å². The molecule has 1 unspecified atom stereocenters. The van der Waals surface area contributed by atoms with Crippen molar-refractivity contribution in [2.45, 2.75) is 35.4 Å². The van der Waals surface area contributed by atoms with Crippen molar-refractivity contribution in [3.8, 4) is 0 Å². The third-order valence-corrected chi connectivity index (χ3v) is 5.04. The Labute approximate surface area is 125 Å². The van der Waals surface area contributed by atoms with Gasteiger partial charge >= 0.3 is 125 Å². The van der Waals surface area contributed by atoms with E-state index in [0.717, 1.165) is 0 Å². The first-order chi connectivity index (χ1) is 10.0. The van der Waals surface area contributed by atoms with Crippen LogP contribution in [0.4, 0.5) is 5.82 Å². The van der Waals surface area contributed by atoms with Crippen LogP contribution in [0.15, 0.2) is 12.7 Å². The normalized spacial score (nSPS) is 30.9. The van der Waals surface area contributed by atoms with Gasteiger partial charge in [0.2, 0.25) is 0 Å². The first kappa shape index (κ1) is 14.6. The molecule has 1 aliphatic rings. The van der Waals surface area contributed by atoms with Gasteiger partial charge in [-0.3, -0.25) is 0 Å². The fraction of sp³-hybridized carbons (Fsp3) is 0.545. The van der Waals surface area contributed by atoms with Gasteiger partial charge < -0.3 is 0 Å². The summed E-state index contributed by atoms with van der Waals surface area (Å²) in [7, 11) is 0. The van der Waals surface area contributed by atoms with E-state index in [2.05, 4.69) is 15.0 Å². The summed E-state index contributed by atoms with van der Waals surface area (Å²) in [4.78, 5) is 12.0. The number of aromatic nitrogens is 4. The van der Waals surface area contributed by atoms with Crippen LogP contribution in [-0.4, -0.2) is 73.1 Å². The number of hydrogen-bond acceptors (Lipinski definition) is 8. The standard InChI is InChI=1S/C11H15N5O4Se/c1-21-11(19)7-5(17)6(18)10(20-7)16-3-15-4-8(12)13-2-14-9(4)16/h2-3,5-7,10-11,17-19H,1H3,(H2,12,13,14)/t5-,6+,7-,10+,11?/m0/s1. The molecule has 0 saturated carbocycles. The number of nitrogens with zero attached hydrogens (tertiary/aromatic N) is 4. The summed E-state index contributed by atoms with van der Waals surface area (Å²) in [5, 5.41) is 29.3. The van der Waals surface area contributed by atoms with E-state index in [9.17, 15) is 15.3 Å². The molecular formula is C11H15N5O4Se. The van der Waals surface area contributed by atoms with Crippen molar-refractivity contribution in [3.05, 3.63) is 12.7 Å².